The molecule has 1 aliphatic heterocycles. The lowest BCUT2D eigenvalue weighted by Gasteiger charge is -2.22. The Labute approximate surface area is 109 Å². The molecular weight excluding hydrogens is 257 g/mol. The van der Waals surface area contributed by atoms with Crippen LogP contribution in [0, 0.1) is 5.82 Å². The van der Waals surface area contributed by atoms with E-state index >= 15 is 0 Å². The van der Waals surface area contributed by atoms with Crippen molar-refractivity contribution >= 4 is 23.9 Å². The molecule has 18 heavy (non-hydrogen) atoms. The second-order valence-electron chi connectivity index (χ2n) is 3.74. The number of fused-ring (bicyclic) bond motifs is 1. The summed E-state index contributed by atoms with van der Waals surface area (Å²) in [6.07, 6.45) is 1.16. The minimum atomic E-state index is -0.403. The highest BCUT2D eigenvalue weighted by atomic mass is 35.5. The molecule has 0 bridgehead atoms. The molecule has 0 aliphatic carbocycles. The van der Waals surface area contributed by atoms with Gasteiger partial charge in [-0.3, -0.25) is 0 Å². The average molecular weight is 268 g/mol. The first-order valence-electron chi connectivity index (χ1n) is 5.18. The monoisotopic (exact) mass is 267 g/mol. The van der Waals surface area contributed by atoms with Gasteiger partial charge in [0, 0.05) is 0 Å². The van der Waals surface area contributed by atoms with Crippen molar-refractivity contribution in [2.45, 2.75) is 6.17 Å². The van der Waals surface area contributed by atoms with Crippen LogP contribution in [0.2, 0.25) is 0 Å². The molecule has 1 atom stereocenters. The number of benzene rings is 1. The van der Waals surface area contributed by atoms with Gasteiger partial charge in [0.1, 0.15) is 17.4 Å². The zero-order chi connectivity index (χ0) is 11.8. The van der Waals surface area contributed by atoms with Crippen molar-refractivity contribution in [3.05, 3.63) is 53.7 Å². The van der Waals surface area contributed by atoms with Crippen LogP contribution in [0.3, 0.4) is 0 Å². The maximum absolute atomic E-state index is 13.6. The van der Waals surface area contributed by atoms with E-state index in [0.29, 0.717) is 17.0 Å². The summed E-state index contributed by atoms with van der Waals surface area (Å²) in [5, 5.41) is 3.07. The molecule has 1 aromatic carbocycles. The summed E-state index contributed by atoms with van der Waals surface area (Å²) >= 11 is 0. The average Bonchev–Trinajstić information content (AvgIpc) is 2.81. The Morgan fingerprint density at radius 2 is 2.11 bits per heavy atom. The van der Waals surface area contributed by atoms with E-state index in [1.165, 1.54) is 6.07 Å². The Morgan fingerprint density at radius 1 is 1.28 bits per heavy atom. The van der Waals surface area contributed by atoms with Crippen LogP contribution in [0.1, 0.15) is 17.5 Å². The molecule has 2 aromatic rings. The first-order chi connectivity index (χ1) is 8.25. The fraction of sp³-hybridized carbons (Fsp3) is 0.0833. The van der Waals surface area contributed by atoms with E-state index in [-0.39, 0.29) is 24.1 Å². The van der Waals surface area contributed by atoms with Crippen LogP contribution < -0.4 is 11.1 Å². The lowest BCUT2D eigenvalue weighted by molar-refractivity contribution is 0.483. The number of rotatable bonds is 1. The molecule has 2 heterocycles. The molecular formula is C12H11ClFN3O. The fourth-order valence-corrected chi connectivity index (χ4v) is 1.87. The van der Waals surface area contributed by atoms with Crippen molar-refractivity contribution < 1.29 is 8.81 Å². The van der Waals surface area contributed by atoms with Crippen molar-refractivity contribution in [2.75, 3.05) is 5.32 Å². The van der Waals surface area contributed by atoms with Crippen LogP contribution in [0.5, 0.6) is 0 Å². The van der Waals surface area contributed by atoms with Gasteiger partial charge in [-0.1, -0.05) is 6.07 Å². The molecule has 0 spiro atoms. The van der Waals surface area contributed by atoms with Gasteiger partial charge in [0.2, 0.25) is 0 Å². The summed E-state index contributed by atoms with van der Waals surface area (Å²) in [4.78, 5) is 4.18. The third-order valence-corrected chi connectivity index (χ3v) is 2.64. The van der Waals surface area contributed by atoms with E-state index in [0.717, 1.165) is 0 Å². The Hall–Kier alpha value is -2.01. The number of furan rings is 1. The third kappa shape index (κ3) is 1.93. The smallest absolute Gasteiger partial charge is 0.179 e. The molecule has 3 rings (SSSR count). The Balaban J connectivity index is 0.00000120. The van der Waals surface area contributed by atoms with Crippen LogP contribution in [0.25, 0.3) is 0 Å². The van der Waals surface area contributed by atoms with Crippen molar-refractivity contribution in [3.63, 3.8) is 0 Å². The van der Waals surface area contributed by atoms with Crippen molar-refractivity contribution in [1.82, 2.24) is 0 Å². The lowest BCUT2D eigenvalue weighted by Crippen LogP contribution is -2.26. The highest BCUT2D eigenvalue weighted by molar-refractivity contribution is 6.04. The SMILES string of the molecule is Cl.NC1=NC(c2ccco2)Nc2cccc(F)c21. The molecule has 4 nitrogen and oxygen atoms in total. The van der Waals surface area contributed by atoms with Crippen LogP contribution in [0.4, 0.5) is 10.1 Å². The number of hydrogen-bond donors (Lipinski definition) is 2. The topological polar surface area (TPSA) is 63.5 Å². The first kappa shape index (κ1) is 12.4. The van der Waals surface area contributed by atoms with E-state index in [4.69, 9.17) is 10.2 Å². The second kappa shape index (κ2) is 4.70. The number of anilines is 1. The molecule has 0 saturated heterocycles. The Kier molecular flexibility index (Phi) is 3.25. The summed E-state index contributed by atoms with van der Waals surface area (Å²) in [7, 11) is 0. The zero-order valence-electron chi connectivity index (χ0n) is 9.26. The Morgan fingerprint density at radius 3 is 2.83 bits per heavy atom. The summed E-state index contributed by atoms with van der Waals surface area (Å²) < 4.78 is 18.8. The number of amidine groups is 1. The molecule has 3 N–H and O–H groups in total. The van der Waals surface area contributed by atoms with Gasteiger partial charge in [0.25, 0.3) is 0 Å². The van der Waals surface area contributed by atoms with Gasteiger partial charge in [-0.05, 0) is 24.3 Å². The highest BCUT2D eigenvalue weighted by Gasteiger charge is 2.23. The number of hydrogen-bond acceptors (Lipinski definition) is 4. The van der Waals surface area contributed by atoms with Crippen molar-refractivity contribution in [1.29, 1.82) is 0 Å². The third-order valence-electron chi connectivity index (χ3n) is 2.64. The quantitative estimate of drug-likeness (QED) is 0.835. The maximum atomic E-state index is 13.6. The number of aliphatic imine (C=N–C) groups is 1. The van der Waals surface area contributed by atoms with Crippen LogP contribution >= 0.6 is 12.4 Å². The minimum Gasteiger partial charge on any atom is -0.465 e. The van der Waals surface area contributed by atoms with E-state index < -0.39 is 6.17 Å². The van der Waals surface area contributed by atoms with Gasteiger partial charge in [-0.15, -0.1) is 12.4 Å². The van der Waals surface area contributed by atoms with Gasteiger partial charge < -0.3 is 15.5 Å². The number of nitrogens with two attached hydrogens (primary N) is 1. The van der Waals surface area contributed by atoms with Crippen LogP contribution in [-0.2, 0) is 0 Å². The predicted octanol–water partition coefficient (Wildman–Crippen LogP) is 2.67. The second-order valence-corrected chi connectivity index (χ2v) is 3.74. The number of halogens is 2. The van der Waals surface area contributed by atoms with Gasteiger partial charge in [-0.25, -0.2) is 9.38 Å². The Bertz CT molecular complexity index is 583. The summed E-state index contributed by atoms with van der Waals surface area (Å²) in [6, 6.07) is 8.30. The molecule has 0 amide bonds. The molecule has 1 unspecified atom stereocenters. The normalized spacial score (nSPS) is 17.2. The molecule has 0 fully saturated rings. The molecule has 0 saturated carbocycles. The summed E-state index contributed by atoms with van der Waals surface area (Å²) in [6.45, 7) is 0. The molecule has 0 radical (unpaired) electrons. The molecule has 6 heteroatoms. The minimum absolute atomic E-state index is 0. The molecule has 1 aromatic heterocycles. The largest absolute Gasteiger partial charge is 0.465 e. The van der Waals surface area contributed by atoms with Crippen molar-refractivity contribution in [2.24, 2.45) is 10.7 Å². The van der Waals surface area contributed by atoms with Crippen LogP contribution in [0.15, 0.2) is 46.0 Å². The van der Waals surface area contributed by atoms with Gasteiger partial charge in [0.15, 0.2) is 6.17 Å². The van der Waals surface area contributed by atoms with Gasteiger partial charge in [0.05, 0.1) is 17.5 Å². The molecule has 94 valence electrons. The number of nitrogens with one attached hydrogen (secondary N) is 1. The summed E-state index contributed by atoms with van der Waals surface area (Å²) in [5.74, 6) is 0.440. The van der Waals surface area contributed by atoms with Gasteiger partial charge >= 0.3 is 0 Å². The number of nitrogens with zero attached hydrogens (tertiary/aromatic N) is 1. The van der Waals surface area contributed by atoms with Crippen LogP contribution in [-0.4, -0.2) is 5.84 Å². The van der Waals surface area contributed by atoms with E-state index in [2.05, 4.69) is 10.3 Å². The maximum Gasteiger partial charge on any atom is 0.179 e. The van der Waals surface area contributed by atoms with E-state index in [9.17, 15) is 4.39 Å². The first-order valence-corrected chi connectivity index (χ1v) is 5.18. The van der Waals surface area contributed by atoms with E-state index in [1.807, 2.05) is 0 Å². The highest BCUT2D eigenvalue weighted by Crippen LogP contribution is 2.30. The lowest BCUT2D eigenvalue weighted by atomic mass is 10.1. The fourth-order valence-electron chi connectivity index (χ4n) is 1.87. The van der Waals surface area contributed by atoms with E-state index in [1.54, 1.807) is 30.5 Å². The molecule has 1 aliphatic rings. The predicted molar refractivity (Wildman–Crippen MR) is 69.4 cm³/mol. The standard InChI is InChI=1S/C12H10FN3O.ClH/c13-7-3-1-4-8-10(7)11(14)16-12(15-8)9-5-2-6-17-9;/h1-6,12,15H,(H2,14,16);1H. The summed E-state index contributed by atoms with van der Waals surface area (Å²) in [5.41, 5.74) is 6.71. The zero-order valence-corrected chi connectivity index (χ0v) is 10.1. The van der Waals surface area contributed by atoms with Crippen molar-refractivity contribution in [3.8, 4) is 0 Å². The van der Waals surface area contributed by atoms with Gasteiger partial charge in [-0.2, -0.15) is 0 Å².